The maximum atomic E-state index is 12.8. The zero-order valence-electron chi connectivity index (χ0n) is 15.1. The van der Waals surface area contributed by atoms with E-state index in [9.17, 15) is 18.0 Å². The normalized spacial score (nSPS) is 11.4. The van der Waals surface area contributed by atoms with Crippen LogP contribution in [0.4, 0.5) is 5.69 Å². The summed E-state index contributed by atoms with van der Waals surface area (Å²) in [6.07, 6.45) is 0.563. The van der Waals surface area contributed by atoms with Crippen molar-refractivity contribution < 1.29 is 18.0 Å². The van der Waals surface area contributed by atoms with E-state index in [1.54, 1.807) is 24.3 Å². The van der Waals surface area contributed by atoms with Crippen molar-refractivity contribution in [2.75, 3.05) is 18.4 Å². The van der Waals surface area contributed by atoms with Gasteiger partial charge in [0.1, 0.15) is 0 Å². The summed E-state index contributed by atoms with van der Waals surface area (Å²) in [4.78, 5) is 23.7. The van der Waals surface area contributed by atoms with E-state index < -0.39 is 15.9 Å². The number of carbonyl (C=O) groups excluding carboxylic acids is 2. The molecule has 0 spiro atoms. The van der Waals surface area contributed by atoms with Gasteiger partial charge in [0, 0.05) is 22.8 Å². The number of halogens is 1. The Bertz CT molecular complexity index is 910. The summed E-state index contributed by atoms with van der Waals surface area (Å²) in [6.45, 7) is 3.19. The molecule has 0 bridgehead atoms. The van der Waals surface area contributed by atoms with Gasteiger partial charge in [-0.25, -0.2) is 8.42 Å². The molecular weight excluding hydrogens is 388 g/mol. The van der Waals surface area contributed by atoms with Crippen molar-refractivity contribution in [3.8, 4) is 0 Å². The molecular formula is C19H21ClN2O4S. The average molecular weight is 409 g/mol. The number of ketones is 1. The minimum absolute atomic E-state index is 0.0731. The van der Waals surface area contributed by atoms with E-state index in [-0.39, 0.29) is 23.8 Å². The van der Waals surface area contributed by atoms with Crippen molar-refractivity contribution in [3.05, 3.63) is 59.1 Å². The van der Waals surface area contributed by atoms with Gasteiger partial charge >= 0.3 is 0 Å². The number of hydrogen-bond donors (Lipinski definition) is 1. The van der Waals surface area contributed by atoms with Crippen molar-refractivity contribution >= 4 is 39.0 Å². The molecule has 0 radical (unpaired) electrons. The van der Waals surface area contributed by atoms with E-state index in [0.717, 1.165) is 4.31 Å². The minimum atomic E-state index is -3.82. The first kappa shape index (κ1) is 21.1. The average Bonchev–Trinajstić information content (AvgIpc) is 2.62. The molecule has 0 fully saturated rings. The Hall–Kier alpha value is -2.22. The first-order valence-electron chi connectivity index (χ1n) is 8.40. The number of nitrogens with zero attached hydrogens (tertiary/aromatic N) is 1. The van der Waals surface area contributed by atoms with Crippen LogP contribution in [-0.4, -0.2) is 37.5 Å². The second-order valence-corrected chi connectivity index (χ2v) is 8.35. The van der Waals surface area contributed by atoms with Crippen molar-refractivity contribution in [2.24, 2.45) is 0 Å². The first-order chi connectivity index (χ1) is 12.7. The van der Waals surface area contributed by atoms with E-state index in [2.05, 4.69) is 5.32 Å². The van der Waals surface area contributed by atoms with Crippen LogP contribution >= 0.6 is 11.6 Å². The molecule has 0 unspecified atom stereocenters. The molecule has 0 aromatic heterocycles. The highest BCUT2D eigenvalue weighted by molar-refractivity contribution is 7.89. The fourth-order valence-corrected chi connectivity index (χ4v) is 4.05. The van der Waals surface area contributed by atoms with Crippen LogP contribution < -0.4 is 5.32 Å². The minimum Gasteiger partial charge on any atom is -0.325 e. The van der Waals surface area contributed by atoms with E-state index in [1.165, 1.54) is 31.2 Å². The lowest BCUT2D eigenvalue weighted by Crippen LogP contribution is -2.38. The Morgan fingerprint density at radius 3 is 2.15 bits per heavy atom. The Morgan fingerprint density at radius 1 is 1.04 bits per heavy atom. The number of rotatable bonds is 8. The SMILES string of the molecule is CCCN(CC(=O)Nc1ccc(C(C)=O)cc1)S(=O)(=O)c1ccc(Cl)cc1. The number of Topliss-reactive ketones (excluding diaryl/α,β-unsaturated/α-hetero) is 1. The summed E-state index contributed by atoms with van der Waals surface area (Å²) < 4.78 is 26.7. The topological polar surface area (TPSA) is 83.6 Å². The summed E-state index contributed by atoms with van der Waals surface area (Å²) in [5.74, 6) is -0.535. The van der Waals surface area contributed by atoms with Crippen LogP contribution in [0.2, 0.25) is 5.02 Å². The second kappa shape index (κ2) is 9.12. The molecule has 1 N–H and O–H groups in total. The molecule has 0 aliphatic heterocycles. The van der Waals surface area contributed by atoms with Crippen LogP contribution in [0.3, 0.4) is 0 Å². The van der Waals surface area contributed by atoms with Crippen molar-refractivity contribution in [3.63, 3.8) is 0 Å². The largest absolute Gasteiger partial charge is 0.325 e. The fraction of sp³-hybridized carbons (Fsp3) is 0.263. The Morgan fingerprint density at radius 2 is 1.63 bits per heavy atom. The summed E-state index contributed by atoms with van der Waals surface area (Å²) >= 11 is 5.81. The van der Waals surface area contributed by atoms with Gasteiger partial charge in [0.05, 0.1) is 11.4 Å². The second-order valence-electron chi connectivity index (χ2n) is 5.97. The molecule has 0 aliphatic carbocycles. The van der Waals surface area contributed by atoms with Gasteiger partial charge in [-0.3, -0.25) is 9.59 Å². The van der Waals surface area contributed by atoms with Crippen LogP contribution in [0, 0.1) is 0 Å². The van der Waals surface area contributed by atoms with Crippen molar-refractivity contribution in [1.29, 1.82) is 0 Å². The number of amides is 1. The quantitative estimate of drug-likeness (QED) is 0.676. The number of hydrogen-bond acceptors (Lipinski definition) is 4. The van der Waals surface area contributed by atoms with Crippen LogP contribution in [0.25, 0.3) is 0 Å². The van der Waals surface area contributed by atoms with Gasteiger partial charge in [-0.15, -0.1) is 0 Å². The number of benzene rings is 2. The van der Waals surface area contributed by atoms with Gasteiger partial charge in [-0.2, -0.15) is 4.31 Å². The lowest BCUT2D eigenvalue weighted by atomic mass is 10.1. The third-order valence-electron chi connectivity index (χ3n) is 3.82. The van der Waals surface area contributed by atoms with Gasteiger partial charge in [-0.05, 0) is 61.9 Å². The molecule has 0 heterocycles. The molecule has 0 aliphatic rings. The third-order valence-corrected chi connectivity index (χ3v) is 5.93. The Labute approximate surface area is 164 Å². The lowest BCUT2D eigenvalue weighted by Gasteiger charge is -2.21. The molecule has 0 atom stereocenters. The first-order valence-corrected chi connectivity index (χ1v) is 10.2. The molecule has 8 heteroatoms. The molecule has 2 rings (SSSR count). The van der Waals surface area contributed by atoms with E-state index in [0.29, 0.717) is 22.7 Å². The third kappa shape index (κ3) is 5.63. The zero-order valence-corrected chi connectivity index (χ0v) is 16.7. The highest BCUT2D eigenvalue weighted by atomic mass is 35.5. The maximum Gasteiger partial charge on any atom is 0.243 e. The van der Waals surface area contributed by atoms with Crippen LogP contribution in [0.15, 0.2) is 53.4 Å². The molecule has 27 heavy (non-hydrogen) atoms. The van der Waals surface area contributed by atoms with Gasteiger partial charge in [0.15, 0.2) is 5.78 Å². The summed E-state index contributed by atoms with van der Waals surface area (Å²) in [7, 11) is -3.82. The van der Waals surface area contributed by atoms with Crippen molar-refractivity contribution in [2.45, 2.75) is 25.2 Å². The summed E-state index contributed by atoms with van der Waals surface area (Å²) in [5, 5.41) is 3.09. The number of anilines is 1. The Balaban J connectivity index is 2.13. The summed E-state index contributed by atoms with van der Waals surface area (Å²) in [6, 6.07) is 12.2. The van der Waals surface area contributed by atoms with Crippen molar-refractivity contribution in [1.82, 2.24) is 4.31 Å². The van der Waals surface area contributed by atoms with Crippen LogP contribution in [0.5, 0.6) is 0 Å². The molecule has 2 aromatic rings. The van der Waals surface area contributed by atoms with E-state index >= 15 is 0 Å². The molecule has 144 valence electrons. The van der Waals surface area contributed by atoms with E-state index in [4.69, 9.17) is 11.6 Å². The van der Waals surface area contributed by atoms with Gasteiger partial charge in [0.25, 0.3) is 0 Å². The maximum absolute atomic E-state index is 12.8. The standard InChI is InChI=1S/C19H21ClN2O4S/c1-3-12-22(27(25,26)18-10-6-16(20)7-11-18)13-19(24)21-17-8-4-15(5-9-17)14(2)23/h4-11H,3,12-13H2,1-2H3,(H,21,24). The fourth-order valence-electron chi connectivity index (χ4n) is 2.44. The lowest BCUT2D eigenvalue weighted by molar-refractivity contribution is -0.116. The predicted molar refractivity (Wildman–Crippen MR) is 106 cm³/mol. The molecule has 0 saturated carbocycles. The highest BCUT2D eigenvalue weighted by Crippen LogP contribution is 2.19. The Kier molecular flexibility index (Phi) is 7.12. The number of carbonyl (C=O) groups is 2. The highest BCUT2D eigenvalue weighted by Gasteiger charge is 2.26. The van der Waals surface area contributed by atoms with E-state index in [1.807, 2.05) is 6.92 Å². The summed E-state index contributed by atoms with van der Waals surface area (Å²) in [5.41, 5.74) is 1.02. The number of sulfonamides is 1. The monoisotopic (exact) mass is 408 g/mol. The molecule has 0 saturated heterocycles. The van der Waals surface area contributed by atoms with Gasteiger partial charge < -0.3 is 5.32 Å². The smallest absolute Gasteiger partial charge is 0.243 e. The van der Waals surface area contributed by atoms with Gasteiger partial charge in [-0.1, -0.05) is 18.5 Å². The molecule has 1 amide bonds. The number of nitrogens with one attached hydrogen (secondary N) is 1. The molecule has 2 aromatic carbocycles. The van der Waals surface area contributed by atoms with Gasteiger partial charge in [0.2, 0.25) is 15.9 Å². The van der Waals surface area contributed by atoms with Crippen LogP contribution in [-0.2, 0) is 14.8 Å². The van der Waals surface area contributed by atoms with Crippen LogP contribution in [0.1, 0.15) is 30.6 Å². The molecule has 6 nitrogen and oxygen atoms in total. The predicted octanol–water partition coefficient (Wildman–Crippen LogP) is 3.58. The zero-order chi connectivity index (χ0) is 20.0.